The molecule has 0 saturated carbocycles. The zero-order valence-electron chi connectivity index (χ0n) is 17.2. The van der Waals surface area contributed by atoms with Gasteiger partial charge in [-0.3, -0.25) is 0 Å². The maximum absolute atomic E-state index is 13.1. The topological polar surface area (TPSA) is 15.3 Å². The molecule has 1 aliphatic rings. The van der Waals surface area contributed by atoms with Crippen molar-refractivity contribution in [2.75, 3.05) is 33.2 Å². The highest BCUT2D eigenvalue weighted by molar-refractivity contribution is 6.41. The van der Waals surface area contributed by atoms with Crippen LogP contribution in [0.15, 0.2) is 48.5 Å². The van der Waals surface area contributed by atoms with Crippen LogP contribution in [0.25, 0.3) is 0 Å². The molecule has 0 spiro atoms. The maximum atomic E-state index is 13.1. The van der Waals surface area contributed by atoms with Crippen molar-refractivity contribution in [3.63, 3.8) is 0 Å². The van der Waals surface area contributed by atoms with Gasteiger partial charge in [0.25, 0.3) is 0 Å². The van der Waals surface area contributed by atoms with Gasteiger partial charge in [0.05, 0.1) is 15.6 Å². The lowest BCUT2D eigenvalue weighted by atomic mass is 9.86. The summed E-state index contributed by atoms with van der Waals surface area (Å²) in [4.78, 5) is 2.38. The van der Waals surface area contributed by atoms with Gasteiger partial charge in [-0.15, -0.1) is 0 Å². The Morgan fingerprint density at radius 2 is 1.50 bits per heavy atom. The monoisotopic (exact) mass is 460 g/mol. The summed E-state index contributed by atoms with van der Waals surface area (Å²) in [5, 5.41) is 4.34. The first-order chi connectivity index (χ1) is 14.3. The second-order valence-corrected chi connectivity index (χ2v) is 8.24. The minimum atomic E-state index is -4.25. The third kappa shape index (κ3) is 8.10. The molecule has 1 N–H and O–H groups in total. The smallest absolute Gasteiger partial charge is 0.320 e. The minimum Gasteiger partial charge on any atom is -0.320 e. The second kappa shape index (κ2) is 12.6. The van der Waals surface area contributed by atoms with Gasteiger partial charge in [-0.2, -0.15) is 13.2 Å². The molecule has 2 aromatic rings. The zero-order chi connectivity index (χ0) is 22.0. The first-order valence-electron chi connectivity index (χ1n) is 10.3. The Hall–Kier alpha value is -1.27. The van der Waals surface area contributed by atoms with E-state index in [0.717, 1.165) is 51.9 Å². The Morgan fingerprint density at radius 1 is 0.933 bits per heavy atom. The summed E-state index contributed by atoms with van der Waals surface area (Å²) < 4.78 is 39.3. The van der Waals surface area contributed by atoms with E-state index in [9.17, 15) is 13.2 Å². The predicted octanol–water partition coefficient (Wildman–Crippen LogP) is 6.88. The number of nitrogens with zero attached hydrogens (tertiary/aromatic N) is 1. The highest BCUT2D eigenvalue weighted by Gasteiger charge is 2.35. The number of benzene rings is 2. The third-order valence-electron chi connectivity index (χ3n) is 5.27. The van der Waals surface area contributed by atoms with Crippen LogP contribution >= 0.6 is 23.2 Å². The van der Waals surface area contributed by atoms with Crippen molar-refractivity contribution in [2.45, 2.75) is 37.8 Å². The van der Waals surface area contributed by atoms with Crippen LogP contribution < -0.4 is 5.32 Å². The van der Waals surface area contributed by atoms with Crippen LogP contribution in [-0.2, 0) is 6.18 Å². The quantitative estimate of drug-likeness (QED) is 0.472. The molecule has 1 saturated heterocycles. The van der Waals surface area contributed by atoms with E-state index in [0.29, 0.717) is 15.6 Å². The Kier molecular flexibility index (Phi) is 10.5. The van der Waals surface area contributed by atoms with Gasteiger partial charge in [-0.1, -0.05) is 53.5 Å². The first kappa shape index (κ1) is 25.0. The molecule has 166 valence electrons. The number of piperidine rings is 1. The molecule has 1 fully saturated rings. The fraction of sp³-hybridized carbons (Fsp3) is 0.478. The Morgan fingerprint density at radius 3 is 2.03 bits per heavy atom. The van der Waals surface area contributed by atoms with E-state index in [2.05, 4.69) is 10.2 Å². The van der Waals surface area contributed by atoms with Gasteiger partial charge in [-0.05, 0) is 88.6 Å². The van der Waals surface area contributed by atoms with Crippen molar-refractivity contribution >= 4 is 23.2 Å². The van der Waals surface area contributed by atoms with Crippen LogP contribution in [0.3, 0.4) is 0 Å². The van der Waals surface area contributed by atoms with Crippen molar-refractivity contribution in [2.24, 2.45) is 0 Å². The van der Waals surface area contributed by atoms with Gasteiger partial charge in [0, 0.05) is 0 Å². The normalized spacial score (nSPS) is 15.5. The summed E-state index contributed by atoms with van der Waals surface area (Å²) in [5.74, 6) is 0.0337. The molecule has 3 rings (SSSR count). The van der Waals surface area contributed by atoms with Gasteiger partial charge in [0.2, 0.25) is 0 Å². The fourth-order valence-corrected chi connectivity index (χ4v) is 3.93. The number of hydrogen-bond acceptors (Lipinski definition) is 2. The Balaban J connectivity index is 0.000000335. The Bertz CT molecular complexity index is 739. The lowest BCUT2D eigenvalue weighted by Crippen LogP contribution is -2.34. The molecule has 0 aliphatic carbocycles. The standard InChI is InChI=1S/C17H25F3N2.C6H4Cl2/c1-21-10-4-5-11-22-12-8-14(9-13-22)15-6-2-3-7-16(15)17(18,19)20;7-5-3-1-2-4-6(5)8/h2-3,6-7,14,21H,4-5,8-13H2,1H3;1-4H. The molecule has 0 aromatic heterocycles. The maximum Gasteiger partial charge on any atom is 0.416 e. The number of alkyl halides is 3. The lowest BCUT2D eigenvalue weighted by Gasteiger charge is -2.33. The predicted molar refractivity (Wildman–Crippen MR) is 119 cm³/mol. The average molecular weight is 461 g/mol. The number of rotatable bonds is 6. The first-order valence-corrected chi connectivity index (χ1v) is 11.0. The van der Waals surface area contributed by atoms with Crippen molar-refractivity contribution in [3.05, 3.63) is 69.7 Å². The van der Waals surface area contributed by atoms with Crippen LogP contribution in [0, 0.1) is 0 Å². The van der Waals surface area contributed by atoms with Crippen LogP contribution in [-0.4, -0.2) is 38.1 Å². The number of unbranched alkanes of at least 4 members (excludes halogenated alkanes) is 1. The highest BCUT2D eigenvalue weighted by atomic mass is 35.5. The molecule has 0 amide bonds. The van der Waals surface area contributed by atoms with Crippen LogP contribution in [0.2, 0.25) is 10.0 Å². The SMILES string of the molecule is CNCCCCN1CCC(c2ccccc2C(F)(F)F)CC1.Clc1ccccc1Cl. The molecule has 30 heavy (non-hydrogen) atoms. The van der Waals surface area contributed by atoms with Gasteiger partial charge in [0.15, 0.2) is 0 Å². The van der Waals surface area contributed by atoms with Gasteiger partial charge in [-0.25, -0.2) is 0 Å². The van der Waals surface area contributed by atoms with Crippen LogP contribution in [0.5, 0.6) is 0 Å². The van der Waals surface area contributed by atoms with E-state index < -0.39 is 11.7 Å². The number of hydrogen-bond donors (Lipinski definition) is 1. The number of likely N-dealkylation sites (tertiary alicyclic amines) is 1. The largest absolute Gasteiger partial charge is 0.416 e. The van der Waals surface area contributed by atoms with Gasteiger partial charge in [0.1, 0.15) is 0 Å². The summed E-state index contributed by atoms with van der Waals surface area (Å²) in [5.41, 5.74) is 0.0207. The molecule has 0 unspecified atom stereocenters. The Labute approximate surface area is 187 Å². The molecule has 0 atom stereocenters. The van der Waals surface area contributed by atoms with E-state index >= 15 is 0 Å². The van der Waals surface area contributed by atoms with Gasteiger partial charge >= 0.3 is 6.18 Å². The van der Waals surface area contributed by atoms with Crippen molar-refractivity contribution < 1.29 is 13.2 Å². The number of halogens is 5. The molecule has 0 radical (unpaired) electrons. The van der Waals surface area contributed by atoms with E-state index in [1.807, 2.05) is 19.2 Å². The summed E-state index contributed by atoms with van der Waals surface area (Å²) in [6, 6.07) is 13.2. The van der Waals surface area contributed by atoms with E-state index in [1.165, 1.54) is 12.1 Å². The molecular formula is C23H29Cl2F3N2. The van der Waals surface area contributed by atoms with Crippen molar-refractivity contribution in [3.8, 4) is 0 Å². The minimum absolute atomic E-state index is 0.0337. The van der Waals surface area contributed by atoms with Crippen LogP contribution in [0.4, 0.5) is 13.2 Å². The number of nitrogens with one attached hydrogen (secondary N) is 1. The molecule has 1 aliphatic heterocycles. The summed E-state index contributed by atoms with van der Waals surface area (Å²) in [6.45, 7) is 3.87. The molecule has 7 heteroatoms. The molecular weight excluding hydrogens is 432 g/mol. The van der Waals surface area contributed by atoms with E-state index in [1.54, 1.807) is 24.3 Å². The highest BCUT2D eigenvalue weighted by Crippen LogP contribution is 2.38. The molecule has 1 heterocycles. The molecule has 2 nitrogen and oxygen atoms in total. The van der Waals surface area contributed by atoms with E-state index in [4.69, 9.17) is 23.2 Å². The average Bonchev–Trinajstić information content (AvgIpc) is 2.74. The van der Waals surface area contributed by atoms with Crippen molar-refractivity contribution in [1.82, 2.24) is 10.2 Å². The second-order valence-electron chi connectivity index (χ2n) is 7.43. The summed E-state index contributed by atoms with van der Waals surface area (Å²) in [6.07, 6.45) is -0.322. The van der Waals surface area contributed by atoms with E-state index in [-0.39, 0.29) is 5.92 Å². The summed E-state index contributed by atoms with van der Waals surface area (Å²) >= 11 is 11.2. The molecule has 0 bridgehead atoms. The fourth-order valence-electron chi connectivity index (χ4n) is 3.66. The van der Waals surface area contributed by atoms with Crippen molar-refractivity contribution in [1.29, 1.82) is 0 Å². The third-order valence-corrected chi connectivity index (χ3v) is 6.02. The molecule has 2 aromatic carbocycles. The van der Waals surface area contributed by atoms with Crippen LogP contribution in [0.1, 0.15) is 42.7 Å². The van der Waals surface area contributed by atoms with Gasteiger partial charge < -0.3 is 10.2 Å². The summed E-state index contributed by atoms with van der Waals surface area (Å²) in [7, 11) is 1.95. The zero-order valence-corrected chi connectivity index (χ0v) is 18.7. The lowest BCUT2D eigenvalue weighted by molar-refractivity contribution is -0.138.